The van der Waals surface area contributed by atoms with Crippen LogP contribution in [-0.4, -0.2) is 60.6 Å². The van der Waals surface area contributed by atoms with Crippen LogP contribution in [0, 0.1) is 0 Å². The van der Waals surface area contributed by atoms with Gasteiger partial charge < -0.3 is 5.32 Å². The molecule has 3 heteroatoms. The molecular formula is C16H33N3. The molecule has 112 valence electrons. The maximum absolute atomic E-state index is 3.64. The monoisotopic (exact) mass is 267 g/mol. The van der Waals surface area contributed by atoms with Crippen molar-refractivity contribution in [1.82, 2.24) is 15.1 Å². The summed E-state index contributed by atoms with van der Waals surface area (Å²) in [7, 11) is 0. The molecule has 2 rings (SSSR count). The van der Waals surface area contributed by atoms with E-state index < -0.39 is 0 Å². The van der Waals surface area contributed by atoms with Gasteiger partial charge in [0, 0.05) is 50.8 Å². The zero-order valence-corrected chi connectivity index (χ0v) is 13.2. The molecule has 2 fully saturated rings. The molecule has 1 saturated carbocycles. The molecule has 0 bridgehead atoms. The van der Waals surface area contributed by atoms with E-state index in [4.69, 9.17) is 0 Å². The second-order valence-electron chi connectivity index (χ2n) is 6.58. The predicted octanol–water partition coefficient (Wildman–Crippen LogP) is 2.32. The zero-order valence-electron chi connectivity index (χ0n) is 13.2. The Labute approximate surface area is 119 Å². The van der Waals surface area contributed by atoms with Crippen LogP contribution in [-0.2, 0) is 0 Å². The minimum absolute atomic E-state index is 0.655. The molecular weight excluding hydrogens is 234 g/mol. The second kappa shape index (κ2) is 7.61. The quantitative estimate of drug-likeness (QED) is 0.797. The molecule has 0 amide bonds. The van der Waals surface area contributed by atoms with Gasteiger partial charge >= 0.3 is 0 Å². The highest BCUT2D eigenvalue weighted by Gasteiger charge is 2.27. The molecule has 1 saturated heterocycles. The minimum Gasteiger partial charge on any atom is -0.313 e. The van der Waals surface area contributed by atoms with Crippen molar-refractivity contribution in [2.75, 3.05) is 32.7 Å². The Morgan fingerprint density at radius 2 is 1.68 bits per heavy atom. The van der Waals surface area contributed by atoms with E-state index in [-0.39, 0.29) is 0 Å². The summed E-state index contributed by atoms with van der Waals surface area (Å²) < 4.78 is 0. The molecule has 0 radical (unpaired) electrons. The van der Waals surface area contributed by atoms with Crippen molar-refractivity contribution >= 4 is 0 Å². The van der Waals surface area contributed by atoms with Gasteiger partial charge in [-0.05, 0) is 33.1 Å². The van der Waals surface area contributed by atoms with Gasteiger partial charge in [0.1, 0.15) is 0 Å². The summed E-state index contributed by atoms with van der Waals surface area (Å²) in [6.07, 6.45) is 7.04. The molecule has 2 unspecified atom stereocenters. The zero-order chi connectivity index (χ0) is 13.7. The Morgan fingerprint density at radius 3 is 2.26 bits per heavy atom. The van der Waals surface area contributed by atoms with E-state index >= 15 is 0 Å². The van der Waals surface area contributed by atoms with Crippen LogP contribution < -0.4 is 5.32 Å². The molecule has 19 heavy (non-hydrogen) atoms. The molecule has 1 aliphatic carbocycles. The Bertz CT molecular complexity index is 242. The summed E-state index contributed by atoms with van der Waals surface area (Å²) in [5, 5.41) is 3.64. The second-order valence-corrected chi connectivity index (χ2v) is 6.58. The Balaban J connectivity index is 1.67. The average Bonchev–Trinajstić information content (AvgIpc) is 2.98. The average molecular weight is 267 g/mol. The SMILES string of the molecule is CCC(C)NCC(C)N1CCN(C2CCCC2)CC1. The lowest BCUT2D eigenvalue weighted by atomic mass is 10.1. The third-order valence-electron chi connectivity index (χ3n) is 5.19. The Kier molecular flexibility index (Phi) is 6.11. The summed E-state index contributed by atoms with van der Waals surface area (Å²) in [6.45, 7) is 13.2. The van der Waals surface area contributed by atoms with Gasteiger partial charge in [-0.3, -0.25) is 9.80 Å². The van der Waals surface area contributed by atoms with Crippen molar-refractivity contribution in [2.45, 2.75) is 71.0 Å². The molecule has 0 aromatic heterocycles. The fourth-order valence-electron chi connectivity index (χ4n) is 3.46. The van der Waals surface area contributed by atoms with E-state index in [1.54, 1.807) is 0 Å². The van der Waals surface area contributed by atoms with Gasteiger partial charge in [0.05, 0.1) is 0 Å². The van der Waals surface area contributed by atoms with Crippen LogP contribution in [0.5, 0.6) is 0 Å². The van der Waals surface area contributed by atoms with Gasteiger partial charge in [-0.2, -0.15) is 0 Å². The molecule has 1 N–H and O–H groups in total. The third kappa shape index (κ3) is 4.44. The van der Waals surface area contributed by atoms with Gasteiger partial charge in [0.2, 0.25) is 0 Å². The van der Waals surface area contributed by atoms with Crippen LogP contribution in [0.3, 0.4) is 0 Å². The van der Waals surface area contributed by atoms with E-state index in [2.05, 4.69) is 35.9 Å². The summed E-state index contributed by atoms with van der Waals surface area (Å²) in [6, 6.07) is 2.25. The summed E-state index contributed by atoms with van der Waals surface area (Å²) >= 11 is 0. The molecule has 0 aromatic rings. The van der Waals surface area contributed by atoms with Crippen LogP contribution in [0.2, 0.25) is 0 Å². The van der Waals surface area contributed by atoms with E-state index in [9.17, 15) is 0 Å². The number of piperazine rings is 1. The van der Waals surface area contributed by atoms with Crippen molar-refractivity contribution < 1.29 is 0 Å². The Hall–Kier alpha value is -0.120. The highest BCUT2D eigenvalue weighted by Crippen LogP contribution is 2.24. The van der Waals surface area contributed by atoms with Crippen LogP contribution in [0.15, 0.2) is 0 Å². The number of nitrogens with one attached hydrogen (secondary N) is 1. The molecule has 1 aliphatic heterocycles. The van der Waals surface area contributed by atoms with Crippen LogP contribution >= 0.6 is 0 Å². The molecule has 1 heterocycles. The van der Waals surface area contributed by atoms with Crippen molar-refractivity contribution in [3.63, 3.8) is 0 Å². The van der Waals surface area contributed by atoms with Gasteiger partial charge in [-0.25, -0.2) is 0 Å². The maximum atomic E-state index is 3.64. The predicted molar refractivity (Wildman–Crippen MR) is 82.6 cm³/mol. The van der Waals surface area contributed by atoms with E-state index in [1.807, 2.05) is 0 Å². The maximum Gasteiger partial charge on any atom is 0.0193 e. The van der Waals surface area contributed by atoms with Crippen molar-refractivity contribution in [1.29, 1.82) is 0 Å². The van der Waals surface area contributed by atoms with Crippen molar-refractivity contribution in [3.8, 4) is 0 Å². The lowest BCUT2D eigenvalue weighted by molar-refractivity contribution is 0.0742. The normalized spacial score (nSPS) is 26.7. The highest BCUT2D eigenvalue weighted by molar-refractivity contribution is 4.84. The molecule has 0 aromatic carbocycles. The lowest BCUT2D eigenvalue weighted by Crippen LogP contribution is -2.54. The van der Waals surface area contributed by atoms with E-state index in [1.165, 1.54) is 58.3 Å². The van der Waals surface area contributed by atoms with Gasteiger partial charge in [-0.15, -0.1) is 0 Å². The van der Waals surface area contributed by atoms with Crippen molar-refractivity contribution in [3.05, 3.63) is 0 Å². The first kappa shape index (κ1) is 15.3. The topological polar surface area (TPSA) is 18.5 Å². The molecule has 2 atom stereocenters. The lowest BCUT2D eigenvalue weighted by Gasteiger charge is -2.40. The summed E-state index contributed by atoms with van der Waals surface area (Å²) in [5.74, 6) is 0. The first-order valence-corrected chi connectivity index (χ1v) is 8.42. The van der Waals surface area contributed by atoms with Crippen LogP contribution in [0.25, 0.3) is 0 Å². The molecule has 3 nitrogen and oxygen atoms in total. The molecule has 2 aliphatic rings. The van der Waals surface area contributed by atoms with Gasteiger partial charge in [-0.1, -0.05) is 19.8 Å². The number of rotatable bonds is 6. The fraction of sp³-hybridized carbons (Fsp3) is 1.00. The number of nitrogens with zero attached hydrogens (tertiary/aromatic N) is 2. The van der Waals surface area contributed by atoms with E-state index in [0.29, 0.717) is 12.1 Å². The highest BCUT2D eigenvalue weighted by atomic mass is 15.3. The largest absolute Gasteiger partial charge is 0.313 e. The third-order valence-corrected chi connectivity index (χ3v) is 5.19. The number of hydrogen-bond acceptors (Lipinski definition) is 3. The summed E-state index contributed by atoms with van der Waals surface area (Å²) in [5.41, 5.74) is 0. The fourth-order valence-corrected chi connectivity index (χ4v) is 3.46. The summed E-state index contributed by atoms with van der Waals surface area (Å²) in [4.78, 5) is 5.42. The first-order valence-electron chi connectivity index (χ1n) is 8.42. The van der Waals surface area contributed by atoms with Gasteiger partial charge in [0.25, 0.3) is 0 Å². The molecule has 0 spiro atoms. The van der Waals surface area contributed by atoms with Gasteiger partial charge in [0.15, 0.2) is 0 Å². The van der Waals surface area contributed by atoms with Crippen molar-refractivity contribution in [2.24, 2.45) is 0 Å². The van der Waals surface area contributed by atoms with Crippen LogP contribution in [0.1, 0.15) is 52.9 Å². The minimum atomic E-state index is 0.655. The smallest absolute Gasteiger partial charge is 0.0193 e. The Morgan fingerprint density at radius 1 is 1.05 bits per heavy atom. The van der Waals surface area contributed by atoms with E-state index in [0.717, 1.165) is 12.6 Å². The van der Waals surface area contributed by atoms with Crippen LogP contribution in [0.4, 0.5) is 0 Å². The number of hydrogen-bond donors (Lipinski definition) is 1. The first-order chi connectivity index (χ1) is 9.20. The standard InChI is InChI=1S/C16H33N3/c1-4-14(2)17-13-15(3)18-9-11-19(12-10-18)16-7-5-6-8-16/h14-17H,4-13H2,1-3H3.